The van der Waals surface area contributed by atoms with Crippen molar-refractivity contribution in [2.75, 3.05) is 13.7 Å². The highest BCUT2D eigenvalue weighted by atomic mass is 32.1. The van der Waals surface area contributed by atoms with Gasteiger partial charge < -0.3 is 19.3 Å². The van der Waals surface area contributed by atoms with Crippen molar-refractivity contribution in [2.45, 2.75) is 45.8 Å². The molecule has 8 nitrogen and oxygen atoms in total. The number of aryl methyl sites for hydroxylation is 1. The molecule has 0 bridgehead atoms. The van der Waals surface area contributed by atoms with E-state index in [1.54, 1.807) is 0 Å². The summed E-state index contributed by atoms with van der Waals surface area (Å²) < 4.78 is 15.5. The van der Waals surface area contributed by atoms with Gasteiger partial charge in [-0.15, -0.1) is 11.3 Å². The fourth-order valence-electron chi connectivity index (χ4n) is 3.48. The lowest BCUT2D eigenvalue weighted by Crippen LogP contribution is -2.41. The van der Waals surface area contributed by atoms with Gasteiger partial charge >= 0.3 is 12.1 Å². The van der Waals surface area contributed by atoms with Gasteiger partial charge in [0.05, 0.1) is 17.8 Å². The average molecular weight is 447 g/mol. The van der Waals surface area contributed by atoms with Gasteiger partial charge in [0.25, 0.3) is 6.41 Å². The molecule has 1 N–H and O–H groups in total. The Morgan fingerprint density at radius 1 is 1.39 bits per heavy atom. The first-order valence-corrected chi connectivity index (χ1v) is 10.7. The van der Waals surface area contributed by atoms with Gasteiger partial charge in [-0.3, -0.25) is 0 Å². The topological polar surface area (TPSA) is 98.2 Å². The molecule has 3 unspecified atom stereocenters. The number of hydrogen-bond acceptors (Lipinski definition) is 8. The van der Waals surface area contributed by atoms with Gasteiger partial charge in [-0.2, -0.15) is 0 Å². The summed E-state index contributed by atoms with van der Waals surface area (Å²) in [5, 5.41) is 12.0. The average Bonchev–Trinajstić information content (AvgIpc) is 3.34. The van der Waals surface area contributed by atoms with E-state index in [1.165, 1.54) is 24.5 Å². The highest BCUT2D eigenvalue weighted by Crippen LogP contribution is 2.32. The second-order valence-electron chi connectivity index (χ2n) is 7.40. The molecule has 9 heteroatoms. The summed E-state index contributed by atoms with van der Waals surface area (Å²) in [4.78, 5) is 28.9. The molecule has 2 heterocycles. The van der Waals surface area contributed by atoms with Crippen molar-refractivity contribution in [1.29, 1.82) is 0 Å². The first kappa shape index (κ1) is 22.9. The molecule has 2 aromatic rings. The standard InChI is InChI=1S/C22H26N2O6S/c1-13(9-20(25)28-4)17-7-5-16(6-8-17)10-14(2)24-11-19(18-12-31-15(3)23-18)29-21(24)30-22(26)27/h5-9,12,14,19,21H,10-11H2,1-4H3,(H,26,27). The van der Waals surface area contributed by atoms with E-state index >= 15 is 0 Å². The van der Waals surface area contributed by atoms with Crippen LogP contribution in [0.2, 0.25) is 0 Å². The van der Waals surface area contributed by atoms with Gasteiger partial charge in [0.2, 0.25) is 0 Å². The molecular weight excluding hydrogens is 420 g/mol. The van der Waals surface area contributed by atoms with Crippen molar-refractivity contribution in [1.82, 2.24) is 9.88 Å². The number of esters is 1. The highest BCUT2D eigenvalue weighted by molar-refractivity contribution is 7.09. The summed E-state index contributed by atoms with van der Waals surface area (Å²) in [5.74, 6) is -0.390. The minimum Gasteiger partial charge on any atom is -0.466 e. The van der Waals surface area contributed by atoms with Gasteiger partial charge in [-0.1, -0.05) is 24.3 Å². The molecule has 1 aliphatic heterocycles. The molecule has 31 heavy (non-hydrogen) atoms. The molecule has 0 saturated carbocycles. The van der Waals surface area contributed by atoms with Crippen molar-refractivity contribution < 1.29 is 28.9 Å². The first-order valence-electron chi connectivity index (χ1n) is 9.85. The Labute approximate surface area is 185 Å². The monoisotopic (exact) mass is 446 g/mol. The number of carbonyl (C=O) groups excluding carboxylic acids is 1. The van der Waals surface area contributed by atoms with Crippen molar-refractivity contribution in [3.63, 3.8) is 0 Å². The number of ether oxygens (including phenoxy) is 3. The van der Waals surface area contributed by atoms with Crippen molar-refractivity contribution in [3.8, 4) is 0 Å². The number of benzene rings is 1. The maximum absolute atomic E-state index is 11.4. The number of carboxylic acid groups (broad SMARTS) is 1. The molecule has 1 aromatic carbocycles. The van der Waals surface area contributed by atoms with Crippen LogP contribution in [0.4, 0.5) is 4.79 Å². The molecule has 0 aliphatic carbocycles. The molecule has 3 atom stereocenters. The maximum atomic E-state index is 11.4. The van der Waals surface area contributed by atoms with E-state index in [4.69, 9.17) is 14.6 Å². The largest absolute Gasteiger partial charge is 0.509 e. The van der Waals surface area contributed by atoms with E-state index in [0.717, 1.165) is 27.4 Å². The Morgan fingerprint density at radius 2 is 2.10 bits per heavy atom. The third kappa shape index (κ3) is 5.90. The molecule has 0 radical (unpaired) electrons. The molecule has 1 aromatic heterocycles. The summed E-state index contributed by atoms with van der Waals surface area (Å²) in [6.45, 7) is 6.26. The summed E-state index contributed by atoms with van der Waals surface area (Å²) in [7, 11) is 1.35. The molecular formula is C22H26N2O6S. The Hall–Kier alpha value is -2.75. The van der Waals surface area contributed by atoms with E-state index < -0.39 is 18.5 Å². The molecule has 1 aliphatic rings. The van der Waals surface area contributed by atoms with Gasteiger partial charge in [-0.05, 0) is 43.9 Å². The second kappa shape index (κ2) is 10.0. The Morgan fingerprint density at radius 3 is 2.68 bits per heavy atom. The summed E-state index contributed by atoms with van der Waals surface area (Å²) in [6.07, 6.45) is -0.581. The predicted molar refractivity (Wildman–Crippen MR) is 116 cm³/mol. The summed E-state index contributed by atoms with van der Waals surface area (Å²) >= 11 is 1.53. The Balaban J connectivity index is 1.69. The fourth-order valence-corrected chi connectivity index (χ4v) is 4.14. The quantitative estimate of drug-likeness (QED) is 0.503. The van der Waals surface area contributed by atoms with Gasteiger partial charge in [-0.25, -0.2) is 19.5 Å². The van der Waals surface area contributed by atoms with Crippen LogP contribution in [0.1, 0.15) is 41.8 Å². The fraction of sp³-hybridized carbons (Fsp3) is 0.409. The molecule has 0 amide bonds. The highest BCUT2D eigenvalue weighted by Gasteiger charge is 2.40. The van der Waals surface area contributed by atoms with Crippen molar-refractivity contribution in [2.24, 2.45) is 0 Å². The summed E-state index contributed by atoms with van der Waals surface area (Å²) in [5.41, 5.74) is 3.60. The van der Waals surface area contributed by atoms with Crippen LogP contribution in [-0.2, 0) is 25.4 Å². The van der Waals surface area contributed by atoms with E-state index in [-0.39, 0.29) is 12.1 Å². The third-order valence-electron chi connectivity index (χ3n) is 5.14. The number of thiazole rings is 1. The van der Waals surface area contributed by atoms with E-state index in [2.05, 4.69) is 9.72 Å². The third-order valence-corrected chi connectivity index (χ3v) is 5.93. The molecule has 1 fully saturated rings. The van der Waals surface area contributed by atoms with Crippen LogP contribution in [-0.4, -0.2) is 53.2 Å². The first-order chi connectivity index (χ1) is 14.8. The lowest BCUT2D eigenvalue weighted by molar-refractivity contribution is -0.169. The number of rotatable bonds is 7. The van der Waals surface area contributed by atoms with Crippen molar-refractivity contribution >= 4 is 29.0 Å². The number of carbonyl (C=O) groups is 2. The SMILES string of the molecule is COC(=O)C=C(C)c1ccc(CC(C)N2CC(c3csc(C)n3)OC2OC(=O)O)cc1. The zero-order valence-electron chi connectivity index (χ0n) is 17.9. The minimum absolute atomic E-state index is 0.0355. The zero-order chi connectivity index (χ0) is 22.5. The van der Waals surface area contributed by atoms with Crippen molar-refractivity contribution in [3.05, 3.63) is 57.6 Å². The Kier molecular flexibility index (Phi) is 7.42. The van der Waals surface area contributed by atoms with E-state index in [0.29, 0.717) is 13.0 Å². The minimum atomic E-state index is -1.38. The van der Waals surface area contributed by atoms with Crippen LogP contribution in [0, 0.1) is 6.92 Å². The maximum Gasteiger partial charge on any atom is 0.509 e. The molecule has 1 saturated heterocycles. The normalized spacial score (nSPS) is 20.5. The Bertz CT molecular complexity index is 955. The van der Waals surface area contributed by atoms with Crippen LogP contribution in [0.3, 0.4) is 0 Å². The second-order valence-corrected chi connectivity index (χ2v) is 8.47. The number of aromatic nitrogens is 1. The van der Waals surface area contributed by atoms with E-state index in [9.17, 15) is 9.59 Å². The number of allylic oxidation sites excluding steroid dienone is 1. The number of hydrogen-bond donors (Lipinski definition) is 1. The van der Waals surface area contributed by atoms with Gasteiger partial charge in [0.15, 0.2) is 0 Å². The lowest BCUT2D eigenvalue weighted by Gasteiger charge is -2.27. The molecule has 166 valence electrons. The number of nitrogens with zero attached hydrogens (tertiary/aromatic N) is 2. The van der Waals surface area contributed by atoms with Crippen LogP contribution in [0.15, 0.2) is 35.7 Å². The van der Waals surface area contributed by atoms with Gasteiger partial charge in [0.1, 0.15) is 6.10 Å². The van der Waals surface area contributed by atoms with Crippen LogP contribution >= 0.6 is 11.3 Å². The van der Waals surface area contributed by atoms with Crippen LogP contribution in [0.5, 0.6) is 0 Å². The predicted octanol–water partition coefficient (Wildman–Crippen LogP) is 4.01. The smallest absolute Gasteiger partial charge is 0.466 e. The van der Waals surface area contributed by atoms with Crippen LogP contribution < -0.4 is 0 Å². The molecule has 0 spiro atoms. The zero-order valence-corrected chi connectivity index (χ0v) is 18.7. The lowest BCUT2D eigenvalue weighted by atomic mass is 10.0. The van der Waals surface area contributed by atoms with E-state index in [1.807, 2.05) is 55.3 Å². The molecule has 3 rings (SSSR count). The van der Waals surface area contributed by atoms with Gasteiger partial charge in [0, 0.05) is 24.0 Å². The van der Waals surface area contributed by atoms with Crippen LogP contribution in [0.25, 0.3) is 5.57 Å². The number of methoxy groups -OCH3 is 1. The summed E-state index contributed by atoms with van der Waals surface area (Å²) in [6, 6.07) is 7.84.